The minimum atomic E-state index is -3.61. The quantitative estimate of drug-likeness (QED) is 0.891. The normalized spacial score (nSPS) is 28.3. The van der Waals surface area contributed by atoms with E-state index in [0.29, 0.717) is 25.7 Å². The van der Waals surface area contributed by atoms with E-state index in [1.165, 1.54) is 12.1 Å². The fourth-order valence-electron chi connectivity index (χ4n) is 2.26. The topological polar surface area (TPSA) is 66.4 Å². The van der Waals surface area contributed by atoms with Crippen LogP contribution in [0.25, 0.3) is 0 Å². The van der Waals surface area contributed by atoms with Gasteiger partial charge in [0.25, 0.3) is 0 Å². The van der Waals surface area contributed by atoms with Gasteiger partial charge in [0.1, 0.15) is 5.82 Å². The van der Waals surface area contributed by atoms with Gasteiger partial charge < -0.3 is 5.11 Å². The van der Waals surface area contributed by atoms with Crippen molar-refractivity contribution < 1.29 is 17.9 Å². The van der Waals surface area contributed by atoms with Gasteiger partial charge in [-0.25, -0.2) is 17.5 Å². The molecule has 6 heteroatoms. The molecule has 1 aromatic carbocycles. The van der Waals surface area contributed by atoms with Crippen molar-refractivity contribution in [2.75, 3.05) is 0 Å². The van der Waals surface area contributed by atoms with Gasteiger partial charge in [-0.05, 0) is 56.9 Å². The van der Waals surface area contributed by atoms with Gasteiger partial charge >= 0.3 is 0 Å². The van der Waals surface area contributed by atoms with Gasteiger partial charge in [-0.3, -0.25) is 0 Å². The minimum Gasteiger partial charge on any atom is -0.390 e. The van der Waals surface area contributed by atoms with Crippen molar-refractivity contribution >= 4 is 10.0 Å². The highest BCUT2D eigenvalue weighted by atomic mass is 32.2. The lowest BCUT2D eigenvalue weighted by Crippen LogP contribution is -2.42. The number of nitrogens with one attached hydrogen (secondary N) is 1. The molecule has 1 aromatic rings. The van der Waals surface area contributed by atoms with Crippen LogP contribution in [-0.4, -0.2) is 25.2 Å². The number of hydrogen-bond acceptors (Lipinski definition) is 3. The summed E-state index contributed by atoms with van der Waals surface area (Å²) >= 11 is 0. The van der Waals surface area contributed by atoms with Gasteiger partial charge in [-0.1, -0.05) is 0 Å². The minimum absolute atomic E-state index is 0.0613. The summed E-state index contributed by atoms with van der Waals surface area (Å²) in [7, 11) is -3.61. The number of sulfonamides is 1. The number of benzene rings is 1. The highest BCUT2D eigenvalue weighted by molar-refractivity contribution is 7.89. The first-order chi connectivity index (χ1) is 8.78. The fourth-order valence-corrected chi connectivity index (χ4v) is 3.56. The first-order valence-corrected chi connectivity index (χ1v) is 7.77. The van der Waals surface area contributed by atoms with Crippen LogP contribution in [0.5, 0.6) is 0 Å². The van der Waals surface area contributed by atoms with Crippen LogP contribution in [0, 0.1) is 5.82 Å². The zero-order valence-electron chi connectivity index (χ0n) is 10.8. The van der Waals surface area contributed by atoms with Crippen LogP contribution in [0.1, 0.15) is 32.6 Å². The molecular weight excluding hydrogens is 269 g/mol. The van der Waals surface area contributed by atoms with Crippen molar-refractivity contribution in [1.29, 1.82) is 0 Å². The van der Waals surface area contributed by atoms with Crippen LogP contribution in [-0.2, 0) is 10.0 Å². The van der Waals surface area contributed by atoms with Crippen LogP contribution in [0.4, 0.5) is 4.39 Å². The van der Waals surface area contributed by atoms with Gasteiger partial charge in [0, 0.05) is 6.04 Å². The molecule has 0 heterocycles. The molecule has 1 saturated carbocycles. The van der Waals surface area contributed by atoms with Crippen LogP contribution in [0.15, 0.2) is 29.2 Å². The summed E-state index contributed by atoms with van der Waals surface area (Å²) in [6.45, 7) is 1.76. The maximum absolute atomic E-state index is 12.8. The molecule has 19 heavy (non-hydrogen) atoms. The zero-order valence-corrected chi connectivity index (χ0v) is 11.6. The second-order valence-corrected chi connectivity index (χ2v) is 7.06. The molecule has 106 valence electrons. The third-order valence-electron chi connectivity index (χ3n) is 3.51. The highest BCUT2D eigenvalue weighted by Crippen LogP contribution is 2.28. The Bertz CT molecular complexity index is 530. The first kappa shape index (κ1) is 14.4. The van der Waals surface area contributed by atoms with Gasteiger partial charge in [-0.2, -0.15) is 0 Å². The molecule has 0 radical (unpaired) electrons. The molecule has 0 atom stereocenters. The molecule has 0 aliphatic heterocycles. The summed E-state index contributed by atoms with van der Waals surface area (Å²) in [4.78, 5) is 0.0613. The summed E-state index contributed by atoms with van der Waals surface area (Å²) in [5.74, 6) is -0.465. The molecular formula is C13H18FNO3S. The molecule has 4 nitrogen and oxygen atoms in total. The lowest BCUT2D eigenvalue weighted by molar-refractivity contribution is 0.0163. The van der Waals surface area contributed by atoms with E-state index >= 15 is 0 Å². The van der Waals surface area contributed by atoms with Gasteiger partial charge in [-0.15, -0.1) is 0 Å². The molecule has 2 N–H and O–H groups in total. The Balaban J connectivity index is 2.04. The van der Waals surface area contributed by atoms with Crippen molar-refractivity contribution in [2.24, 2.45) is 0 Å². The van der Waals surface area contributed by atoms with Crippen LogP contribution < -0.4 is 4.72 Å². The maximum atomic E-state index is 12.8. The number of hydrogen-bond donors (Lipinski definition) is 2. The Morgan fingerprint density at radius 3 is 2.32 bits per heavy atom. The molecule has 0 unspecified atom stereocenters. The zero-order chi connectivity index (χ0) is 14.1. The van der Waals surface area contributed by atoms with E-state index < -0.39 is 21.4 Å². The van der Waals surface area contributed by atoms with Crippen LogP contribution in [0.3, 0.4) is 0 Å². The third-order valence-corrected chi connectivity index (χ3v) is 5.04. The van der Waals surface area contributed by atoms with E-state index in [1.807, 2.05) is 0 Å². The monoisotopic (exact) mass is 287 g/mol. The van der Waals surface area contributed by atoms with Crippen molar-refractivity contribution in [3.63, 3.8) is 0 Å². The Morgan fingerprint density at radius 2 is 1.79 bits per heavy atom. The number of aliphatic hydroxyl groups is 1. The SMILES string of the molecule is CC1(O)CCC(NS(=O)(=O)c2ccc(F)cc2)CC1. The Labute approximate surface area is 112 Å². The molecule has 1 aliphatic carbocycles. The van der Waals surface area contributed by atoms with E-state index in [2.05, 4.69) is 4.72 Å². The van der Waals surface area contributed by atoms with Crippen molar-refractivity contribution in [2.45, 2.75) is 49.1 Å². The lowest BCUT2D eigenvalue weighted by Gasteiger charge is -2.33. The predicted molar refractivity (Wildman–Crippen MR) is 69.6 cm³/mol. The standard InChI is InChI=1S/C13H18FNO3S/c1-13(16)8-6-11(7-9-13)15-19(17,18)12-4-2-10(14)3-5-12/h2-5,11,15-16H,6-9H2,1H3. The van der Waals surface area contributed by atoms with Gasteiger partial charge in [0.15, 0.2) is 0 Å². The smallest absolute Gasteiger partial charge is 0.240 e. The lowest BCUT2D eigenvalue weighted by atomic mass is 9.84. The average Bonchev–Trinajstić information content (AvgIpc) is 2.32. The van der Waals surface area contributed by atoms with Crippen molar-refractivity contribution in [3.05, 3.63) is 30.1 Å². The third kappa shape index (κ3) is 3.75. The van der Waals surface area contributed by atoms with E-state index in [0.717, 1.165) is 12.1 Å². The van der Waals surface area contributed by atoms with E-state index in [9.17, 15) is 17.9 Å². The van der Waals surface area contributed by atoms with Crippen LogP contribution in [0.2, 0.25) is 0 Å². The molecule has 2 rings (SSSR count). The van der Waals surface area contributed by atoms with Gasteiger partial charge in [0.2, 0.25) is 10.0 Å². The Hall–Kier alpha value is -0.980. The van der Waals surface area contributed by atoms with Gasteiger partial charge in [0.05, 0.1) is 10.5 Å². The molecule has 0 aromatic heterocycles. The first-order valence-electron chi connectivity index (χ1n) is 6.29. The largest absolute Gasteiger partial charge is 0.390 e. The molecule has 1 fully saturated rings. The summed E-state index contributed by atoms with van der Waals surface area (Å²) in [5.41, 5.74) is -0.697. The summed E-state index contributed by atoms with van der Waals surface area (Å²) in [6.07, 6.45) is 2.36. The molecule has 1 aliphatic rings. The Morgan fingerprint density at radius 1 is 1.26 bits per heavy atom. The highest BCUT2D eigenvalue weighted by Gasteiger charge is 2.30. The summed E-state index contributed by atoms with van der Waals surface area (Å²) < 4.78 is 39.5. The molecule has 0 amide bonds. The number of rotatable bonds is 3. The van der Waals surface area contributed by atoms with Crippen molar-refractivity contribution in [3.8, 4) is 0 Å². The summed E-state index contributed by atoms with van der Waals surface area (Å²) in [5, 5.41) is 9.82. The Kier molecular flexibility index (Phi) is 3.94. The molecule has 0 saturated heterocycles. The fraction of sp³-hybridized carbons (Fsp3) is 0.538. The molecule has 0 bridgehead atoms. The van der Waals surface area contributed by atoms with Crippen LogP contribution >= 0.6 is 0 Å². The van der Waals surface area contributed by atoms with E-state index in [-0.39, 0.29) is 10.9 Å². The average molecular weight is 287 g/mol. The molecule has 0 spiro atoms. The van der Waals surface area contributed by atoms with Crippen molar-refractivity contribution in [1.82, 2.24) is 4.72 Å². The van der Waals surface area contributed by atoms with E-state index in [1.54, 1.807) is 6.92 Å². The second kappa shape index (κ2) is 5.19. The summed E-state index contributed by atoms with van der Waals surface area (Å²) in [6, 6.07) is 4.57. The maximum Gasteiger partial charge on any atom is 0.240 e. The predicted octanol–water partition coefficient (Wildman–Crippen LogP) is 1.80. The second-order valence-electron chi connectivity index (χ2n) is 5.35. The van der Waals surface area contributed by atoms with E-state index in [4.69, 9.17) is 0 Å². The number of halogens is 1.